The van der Waals surface area contributed by atoms with E-state index in [1.165, 1.54) is 57.8 Å². The zero-order valence-electron chi connectivity index (χ0n) is 8.52. The van der Waals surface area contributed by atoms with Crippen LogP contribution in [0.2, 0.25) is 0 Å². The molecule has 0 bridgehead atoms. The zero-order chi connectivity index (χ0) is 8.93. The van der Waals surface area contributed by atoms with Crippen molar-refractivity contribution in [3.05, 3.63) is 23.3 Å². The first kappa shape index (κ1) is 9.05. The lowest BCUT2D eigenvalue weighted by Gasteiger charge is -2.16. The van der Waals surface area contributed by atoms with Crippen LogP contribution in [0.25, 0.3) is 0 Å². The molecule has 0 unspecified atom stereocenters. The molecule has 1 saturated carbocycles. The molecular weight excluding hydrogens is 156 g/mol. The molecule has 2 aliphatic rings. The molecule has 0 nitrogen and oxygen atoms in total. The molecule has 0 atom stereocenters. The van der Waals surface area contributed by atoms with Crippen molar-refractivity contribution in [2.24, 2.45) is 0 Å². The van der Waals surface area contributed by atoms with Gasteiger partial charge in [0.25, 0.3) is 0 Å². The van der Waals surface area contributed by atoms with Crippen molar-refractivity contribution >= 4 is 0 Å². The molecule has 0 aromatic rings. The first-order chi connectivity index (χ1) is 6.45. The SMILES string of the molecule is C1=C(C=C2CCCCC2)CCCC1. The Labute approximate surface area is 81.7 Å². The number of allylic oxidation sites excluding steroid dienone is 4. The van der Waals surface area contributed by atoms with Gasteiger partial charge in [-0.25, -0.2) is 0 Å². The van der Waals surface area contributed by atoms with Crippen LogP contribution in [0.3, 0.4) is 0 Å². The van der Waals surface area contributed by atoms with Crippen molar-refractivity contribution in [3.63, 3.8) is 0 Å². The van der Waals surface area contributed by atoms with E-state index in [1.807, 2.05) is 0 Å². The van der Waals surface area contributed by atoms with E-state index in [1.54, 1.807) is 11.1 Å². The molecule has 0 aliphatic heterocycles. The lowest BCUT2D eigenvalue weighted by atomic mass is 9.91. The summed E-state index contributed by atoms with van der Waals surface area (Å²) >= 11 is 0. The molecule has 0 amide bonds. The van der Waals surface area contributed by atoms with Crippen LogP contribution >= 0.6 is 0 Å². The molecular formula is C13H20. The van der Waals surface area contributed by atoms with E-state index in [-0.39, 0.29) is 0 Å². The Hall–Kier alpha value is -0.520. The van der Waals surface area contributed by atoms with Crippen LogP contribution in [-0.2, 0) is 0 Å². The van der Waals surface area contributed by atoms with Crippen LogP contribution in [0, 0.1) is 0 Å². The highest BCUT2D eigenvalue weighted by Crippen LogP contribution is 2.26. The maximum Gasteiger partial charge on any atom is -0.0282 e. The second-order valence-corrected chi connectivity index (χ2v) is 4.39. The molecule has 2 rings (SSSR count). The quantitative estimate of drug-likeness (QED) is 0.556. The summed E-state index contributed by atoms with van der Waals surface area (Å²) < 4.78 is 0. The minimum Gasteiger partial charge on any atom is -0.0813 e. The van der Waals surface area contributed by atoms with Gasteiger partial charge in [0.15, 0.2) is 0 Å². The van der Waals surface area contributed by atoms with Crippen LogP contribution in [0.1, 0.15) is 57.8 Å². The van der Waals surface area contributed by atoms with Crippen molar-refractivity contribution in [3.8, 4) is 0 Å². The summed E-state index contributed by atoms with van der Waals surface area (Å²) in [6.45, 7) is 0. The fraction of sp³-hybridized carbons (Fsp3) is 0.692. The van der Waals surface area contributed by atoms with Gasteiger partial charge in [0.05, 0.1) is 0 Å². The standard InChI is InChI=1S/C13H20/c1-3-7-12(8-4-1)11-13-9-5-2-6-10-13/h7,11H,1-6,8-10H2. The molecule has 13 heavy (non-hydrogen) atoms. The highest BCUT2D eigenvalue weighted by Gasteiger charge is 2.07. The average molecular weight is 176 g/mol. The Morgan fingerprint density at radius 2 is 1.62 bits per heavy atom. The number of hydrogen-bond donors (Lipinski definition) is 0. The van der Waals surface area contributed by atoms with Gasteiger partial charge in [-0.2, -0.15) is 0 Å². The molecule has 2 aliphatic carbocycles. The van der Waals surface area contributed by atoms with Gasteiger partial charge >= 0.3 is 0 Å². The van der Waals surface area contributed by atoms with E-state index in [0.29, 0.717) is 0 Å². The van der Waals surface area contributed by atoms with Gasteiger partial charge in [0.2, 0.25) is 0 Å². The van der Waals surface area contributed by atoms with Crippen LogP contribution < -0.4 is 0 Å². The highest BCUT2D eigenvalue weighted by atomic mass is 14.1. The van der Waals surface area contributed by atoms with Gasteiger partial charge in [-0.1, -0.05) is 29.7 Å². The minimum absolute atomic E-state index is 1.32. The third-order valence-electron chi connectivity index (χ3n) is 3.21. The van der Waals surface area contributed by atoms with Gasteiger partial charge in [0.1, 0.15) is 0 Å². The molecule has 72 valence electrons. The second kappa shape index (κ2) is 4.64. The summed E-state index contributed by atoms with van der Waals surface area (Å²) in [6.07, 6.45) is 17.5. The lowest BCUT2D eigenvalue weighted by Crippen LogP contribution is -1.96. The molecule has 1 fully saturated rings. The van der Waals surface area contributed by atoms with E-state index in [9.17, 15) is 0 Å². The van der Waals surface area contributed by atoms with Crippen molar-refractivity contribution in [1.29, 1.82) is 0 Å². The number of hydrogen-bond acceptors (Lipinski definition) is 0. The monoisotopic (exact) mass is 176 g/mol. The van der Waals surface area contributed by atoms with Crippen molar-refractivity contribution in [2.75, 3.05) is 0 Å². The van der Waals surface area contributed by atoms with E-state index in [4.69, 9.17) is 0 Å². The normalized spacial score (nSPS) is 24.0. The summed E-state index contributed by atoms with van der Waals surface area (Å²) in [6, 6.07) is 0. The van der Waals surface area contributed by atoms with Gasteiger partial charge in [0, 0.05) is 0 Å². The Balaban J connectivity index is 1.96. The zero-order valence-corrected chi connectivity index (χ0v) is 8.52. The molecule has 0 saturated heterocycles. The fourth-order valence-electron chi connectivity index (χ4n) is 2.41. The van der Waals surface area contributed by atoms with E-state index in [0.717, 1.165) is 0 Å². The van der Waals surface area contributed by atoms with E-state index in [2.05, 4.69) is 12.2 Å². The largest absolute Gasteiger partial charge is 0.0813 e. The Morgan fingerprint density at radius 3 is 2.31 bits per heavy atom. The highest BCUT2D eigenvalue weighted by molar-refractivity contribution is 5.25. The second-order valence-electron chi connectivity index (χ2n) is 4.39. The van der Waals surface area contributed by atoms with Crippen LogP contribution in [0.5, 0.6) is 0 Å². The molecule has 0 heterocycles. The van der Waals surface area contributed by atoms with Crippen molar-refractivity contribution < 1.29 is 0 Å². The third-order valence-corrected chi connectivity index (χ3v) is 3.21. The topological polar surface area (TPSA) is 0 Å². The van der Waals surface area contributed by atoms with E-state index >= 15 is 0 Å². The maximum absolute atomic E-state index is 2.50. The van der Waals surface area contributed by atoms with Gasteiger partial charge in [-0.3, -0.25) is 0 Å². The fourth-order valence-corrected chi connectivity index (χ4v) is 2.41. The molecule has 0 N–H and O–H groups in total. The van der Waals surface area contributed by atoms with Crippen LogP contribution in [-0.4, -0.2) is 0 Å². The summed E-state index contributed by atoms with van der Waals surface area (Å²) in [5, 5.41) is 0. The Morgan fingerprint density at radius 1 is 0.846 bits per heavy atom. The molecule has 0 aromatic heterocycles. The molecule has 0 heteroatoms. The lowest BCUT2D eigenvalue weighted by molar-refractivity contribution is 0.597. The predicted octanol–water partition coefficient (Wildman–Crippen LogP) is 4.38. The van der Waals surface area contributed by atoms with E-state index < -0.39 is 0 Å². The van der Waals surface area contributed by atoms with Crippen LogP contribution in [0.4, 0.5) is 0 Å². The Bertz CT molecular complexity index is 212. The maximum atomic E-state index is 2.50. The smallest absolute Gasteiger partial charge is 0.0282 e. The Kier molecular flexibility index (Phi) is 3.23. The third kappa shape index (κ3) is 2.72. The van der Waals surface area contributed by atoms with Gasteiger partial charge < -0.3 is 0 Å². The van der Waals surface area contributed by atoms with Crippen LogP contribution in [0.15, 0.2) is 23.3 Å². The predicted molar refractivity (Wildman–Crippen MR) is 57.7 cm³/mol. The minimum atomic E-state index is 1.32. The molecule has 0 spiro atoms. The average Bonchev–Trinajstić information content (AvgIpc) is 2.21. The van der Waals surface area contributed by atoms with Crippen molar-refractivity contribution in [2.45, 2.75) is 57.8 Å². The van der Waals surface area contributed by atoms with Gasteiger partial charge in [-0.05, 0) is 51.4 Å². The van der Waals surface area contributed by atoms with Crippen molar-refractivity contribution in [1.82, 2.24) is 0 Å². The van der Waals surface area contributed by atoms with Gasteiger partial charge in [-0.15, -0.1) is 0 Å². The summed E-state index contributed by atoms with van der Waals surface area (Å²) in [4.78, 5) is 0. The summed E-state index contributed by atoms with van der Waals surface area (Å²) in [5.74, 6) is 0. The number of rotatable bonds is 1. The first-order valence-electron chi connectivity index (χ1n) is 5.83. The first-order valence-corrected chi connectivity index (χ1v) is 5.83. The summed E-state index contributed by atoms with van der Waals surface area (Å²) in [7, 11) is 0. The molecule has 0 aromatic carbocycles. The molecule has 0 radical (unpaired) electrons. The summed E-state index contributed by atoms with van der Waals surface area (Å²) in [5.41, 5.74) is 3.35.